The maximum absolute atomic E-state index is 12.1. The van der Waals surface area contributed by atoms with E-state index in [1.54, 1.807) is 6.20 Å². The van der Waals surface area contributed by atoms with Crippen molar-refractivity contribution in [1.29, 1.82) is 0 Å². The normalized spacial score (nSPS) is 10.8. The van der Waals surface area contributed by atoms with Crippen molar-refractivity contribution in [2.75, 3.05) is 32.5 Å². The summed E-state index contributed by atoms with van der Waals surface area (Å²) >= 11 is 0. The molecule has 0 atom stereocenters. The Bertz CT molecular complexity index is 701. The highest BCUT2D eigenvalue weighted by Crippen LogP contribution is 2.27. The van der Waals surface area contributed by atoms with Gasteiger partial charge in [0.05, 0.1) is 24.2 Å². The molecule has 1 aromatic heterocycles. The summed E-state index contributed by atoms with van der Waals surface area (Å²) in [4.78, 5) is 22.6. The fourth-order valence-electron chi connectivity index (χ4n) is 2.26. The van der Waals surface area contributed by atoms with Gasteiger partial charge in [0.2, 0.25) is 0 Å². The van der Waals surface area contributed by atoms with Crippen molar-refractivity contribution in [3.05, 3.63) is 42.4 Å². The zero-order chi connectivity index (χ0) is 18.9. The molecule has 7 nitrogen and oxygen atoms in total. The van der Waals surface area contributed by atoms with Gasteiger partial charge in [-0.2, -0.15) is 0 Å². The number of rotatable bonds is 9. The van der Waals surface area contributed by atoms with Gasteiger partial charge in [0, 0.05) is 6.54 Å². The van der Waals surface area contributed by atoms with Crippen LogP contribution in [0.5, 0.6) is 5.75 Å². The molecule has 0 aliphatic carbocycles. The topological polar surface area (TPSA) is 79.4 Å². The SMILES string of the molecule is CC(C)Oc1ccccc1Nc1cnc(C(=O)NCCCN(C)C)cn1. The van der Waals surface area contributed by atoms with E-state index in [9.17, 15) is 4.79 Å². The lowest BCUT2D eigenvalue weighted by Crippen LogP contribution is -2.27. The van der Waals surface area contributed by atoms with E-state index in [1.165, 1.54) is 6.20 Å². The number of nitrogens with zero attached hydrogens (tertiary/aromatic N) is 3. The molecule has 1 amide bonds. The third-order valence-electron chi connectivity index (χ3n) is 3.46. The van der Waals surface area contributed by atoms with Crippen molar-refractivity contribution >= 4 is 17.4 Å². The van der Waals surface area contributed by atoms with Crippen LogP contribution in [0.2, 0.25) is 0 Å². The lowest BCUT2D eigenvalue weighted by Gasteiger charge is -2.15. The number of amides is 1. The molecule has 7 heteroatoms. The number of ether oxygens (including phenoxy) is 1. The molecule has 0 spiro atoms. The van der Waals surface area contributed by atoms with E-state index in [2.05, 4.69) is 25.5 Å². The summed E-state index contributed by atoms with van der Waals surface area (Å²) in [5, 5.41) is 6.02. The van der Waals surface area contributed by atoms with Gasteiger partial charge in [0.15, 0.2) is 0 Å². The molecule has 0 radical (unpaired) electrons. The Labute approximate surface area is 154 Å². The molecule has 0 aliphatic heterocycles. The number of benzene rings is 1. The number of anilines is 2. The monoisotopic (exact) mass is 357 g/mol. The zero-order valence-corrected chi connectivity index (χ0v) is 15.8. The molecule has 0 unspecified atom stereocenters. The average Bonchev–Trinajstić information content (AvgIpc) is 2.60. The minimum atomic E-state index is -0.216. The number of aromatic nitrogens is 2. The molecule has 2 N–H and O–H groups in total. The van der Waals surface area contributed by atoms with Gasteiger partial charge in [0.1, 0.15) is 17.3 Å². The molecule has 0 saturated heterocycles. The average molecular weight is 357 g/mol. The quantitative estimate of drug-likeness (QED) is 0.672. The van der Waals surface area contributed by atoms with Crippen LogP contribution in [0, 0.1) is 0 Å². The van der Waals surface area contributed by atoms with E-state index in [1.807, 2.05) is 52.2 Å². The maximum atomic E-state index is 12.1. The van der Waals surface area contributed by atoms with Gasteiger partial charge in [-0.25, -0.2) is 9.97 Å². The fourth-order valence-corrected chi connectivity index (χ4v) is 2.26. The second-order valence-electron chi connectivity index (χ2n) is 6.49. The number of carbonyl (C=O) groups is 1. The predicted octanol–water partition coefficient (Wildman–Crippen LogP) is 2.69. The summed E-state index contributed by atoms with van der Waals surface area (Å²) in [5.74, 6) is 1.08. The highest BCUT2D eigenvalue weighted by atomic mass is 16.5. The first-order valence-corrected chi connectivity index (χ1v) is 8.73. The Morgan fingerprint density at radius 2 is 1.96 bits per heavy atom. The molecule has 2 rings (SSSR count). The van der Waals surface area contributed by atoms with Crippen LogP contribution >= 0.6 is 0 Å². The van der Waals surface area contributed by atoms with E-state index in [0.29, 0.717) is 18.1 Å². The van der Waals surface area contributed by atoms with Crippen LogP contribution in [0.1, 0.15) is 30.8 Å². The maximum Gasteiger partial charge on any atom is 0.271 e. The summed E-state index contributed by atoms with van der Waals surface area (Å²) in [7, 11) is 4.01. The van der Waals surface area contributed by atoms with E-state index in [0.717, 1.165) is 24.4 Å². The van der Waals surface area contributed by atoms with Crippen LogP contribution in [0.15, 0.2) is 36.7 Å². The second kappa shape index (κ2) is 9.72. The Morgan fingerprint density at radius 3 is 2.62 bits per heavy atom. The number of carbonyl (C=O) groups excluding carboxylic acids is 1. The Hall–Kier alpha value is -2.67. The Balaban J connectivity index is 1.94. The van der Waals surface area contributed by atoms with Crippen molar-refractivity contribution in [3.63, 3.8) is 0 Å². The van der Waals surface area contributed by atoms with Crippen molar-refractivity contribution in [1.82, 2.24) is 20.2 Å². The van der Waals surface area contributed by atoms with E-state index in [-0.39, 0.29) is 12.0 Å². The van der Waals surface area contributed by atoms with E-state index >= 15 is 0 Å². The highest BCUT2D eigenvalue weighted by molar-refractivity contribution is 5.92. The van der Waals surface area contributed by atoms with Crippen LogP contribution in [0.4, 0.5) is 11.5 Å². The minimum Gasteiger partial charge on any atom is -0.489 e. The molecule has 140 valence electrons. The van der Waals surface area contributed by atoms with Gasteiger partial charge in [-0.3, -0.25) is 4.79 Å². The summed E-state index contributed by atoms with van der Waals surface area (Å²) in [6, 6.07) is 7.63. The smallest absolute Gasteiger partial charge is 0.271 e. The number of para-hydroxylation sites is 2. The molecule has 0 aliphatic rings. The van der Waals surface area contributed by atoms with Crippen molar-refractivity contribution in [2.45, 2.75) is 26.4 Å². The summed E-state index contributed by atoms with van der Waals surface area (Å²) in [6.07, 6.45) is 3.97. The van der Waals surface area contributed by atoms with Crippen molar-refractivity contribution in [2.24, 2.45) is 0 Å². The molecule has 2 aromatic rings. The third-order valence-corrected chi connectivity index (χ3v) is 3.46. The second-order valence-corrected chi connectivity index (χ2v) is 6.49. The van der Waals surface area contributed by atoms with Gasteiger partial charge < -0.3 is 20.3 Å². The van der Waals surface area contributed by atoms with Gasteiger partial charge in [-0.15, -0.1) is 0 Å². The zero-order valence-electron chi connectivity index (χ0n) is 15.8. The first-order valence-electron chi connectivity index (χ1n) is 8.73. The summed E-state index contributed by atoms with van der Waals surface area (Å²) < 4.78 is 5.77. The molecule has 0 saturated carbocycles. The van der Waals surface area contributed by atoms with E-state index < -0.39 is 0 Å². The lowest BCUT2D eigenvalue weighted by molar-refractivity contribution is 0.0947. The Morgan fingerprint density at radius 1 is 1.19 bits per heavy atom. The number of nitrogens with one attached hydrogen (secondary N) is 2. The van der Waals surface area contributed by atoms with E-state index in [4.69, 9.17) is 4.74 Å². The van der Waals surface area contributed by atoms with Crippen molar-refractivity contribution in [3.8, 4) is 5.75 Å². The van der Waals surface area contributed by atoms with Gasteiger partial charge in [-0.05, 0) is 53.0 Å². The summed E-state index contributed by atoms with van der Waals surface area (Å²) in [6.45, 7) is 5.48. The van der Waals surface area contributed by atoms with Gasteiger partial charge in [-0.1, -0.05) is 12.1 Å². The predicted molar refractivity (Wildman–Crippen MR) is 103 cm³/mol. The first-order chi connectivity index (χ1) is 12.5. The largest absolute Gasteiger partial charge is 0.489 e. The molecule has 1 aromatic carbocycles. The van der Waals surface area contributed by atoms with Crippen LogP contribution in [0.3, 0.4) is 0 Å². The van der Waals surface area contributed by atoms with Crippen LogP contribution in [-0.2, 0) is 0 Å². The molecule has 26 heavy (non-hydrogen) atoms. The first kappa shape index (κ1) is 19.7. The number of hydrogen-bond acceptors (Lipinski definition) is 6. The standard InChI is InChI=1S/C19H27N5O2/c1-14(2)26-17-9-6-5-8-15(17)23-18-13-21-16(12-22-18)19(25)20-10-7-11-24(3)4/h5-6,8-9,12-14H,7,10-11H2,1-4H3,(H,20,25)(H,22,23). The molecular formula is C19H27N5O2. The number of hydrogen-bond donors (Lipinski definition) is 2. The van der Waals surface area contributed by atoms with Crippen LogP contribution < -0.4 is 15.4 Å². The summed E-state index contributed by atoms with van der Waals surface area (Å²) in [5.41, 5.74) is 1.10. The Kier molecular flexibility index (Phi) is 7.35. The molecule has 0 bridgehead atoms. The van der Waals surface area contributed by atoms with Gasteiger partial charge >= 0.3 is 0 Å². The third kappa shape index (κ3) is 6.33. The lowest BCUT2D eigenvalue weighted by atomic mass is 10.3. The van der Waals surface area contributed by atoms with Crippen LogP contribution in [-0.4, -0.2) is 54.1 Å². The fraction of sp³-hybridized carbons (Fsp3) is 0.421. The van der Waals surface area contributed by atoms with Gasteiger partial charge in [0.25, 0.3) is 5.91 Å². The minimum absolute atomic E-state index is 0.0719. The van der Waals surface area contributed by atoms with Crippen LogP contribution in [0.25, 0.3) is 0 Å². The molecular weight excluding hydrogens is 330 g/mol. The highest BCUT2D eigenvalue weighted by Gasteiger charge is 2.09. The molecule has 1 heterocycles. The molecule has 0 fully saturated rings. The van der Waals surface area contributed by atoms with Crippen molar-refractivity contribution < 1.29 is 9.53 Å².